The van der Waals surface area contributed by atoms with E-state index < -0.39 is 9.84 Å². The molecule has 0 aliphatic heterocycles. The van der Waals surface area contributed by atoms with Crippen molar-refractivity contribution in [2.45, 2.75) is 18.1 Å². The van der Waals surface area contributed by atoms with Gasteiger partial charge in [-0.25, -0.2) is 8.42 Å². The molecule has 0 spiro atoms. The summed E-state index contributed by atoms with van der Waals surface area (Å²) in [6.07, 6.45) is 2.47. The number of sulfone groups is 1. The van der Waals surface area contributed by atoms with E-state index in [1.165, 1.54) is 18.2 Å². The third kappa shape index (κ3) is 3.89. The minimum Gasteiger partial charge on any atom is -0.384 e. The highest BCUT2D eigenvalue weighted by Gasteiger charge is 2.37. The molecule has 1 N–H and O–H groups in total. The van der Waals surface area contributed by atoms with Crippen LogP contribution < -0.4 is 5.32 Å². The van der Waals surface area contributed by atoms with Crippen molar-refractivity contribution >= 4 is 15.5 Å². The Labute approximate surface area is 132 Å². The molecule has 0 aromatic heterocycles. The van der Waals surface area contributed by atoms with Crippen LogP contribution in [0.2, 0.25) is 0 Å². The zero-order chi connectivity index (χ0) is 15.6. The van der Waals surface area contributed by atoms with E-state index >= 15 is 0 Å². The fraction of sp³-hybridized carbons (Fsp3) is 0.333. The fourth-order valence-electron chi connectivity index (χ4n) is 2.92. The molecule has 2 atom stereocenters. The molecule has 1 aliphatic carbocycles. The van der Waals surface area contributed by atoms with Crippen molar-refractivity contribution in [1.82, 2.24) is 0 Å². The second-order valence-corrected chi connectivity index (χ2v) is 8.26. The van der Waals surface area contributed by atoms with Crippen LogP contribution in [-0.4, -0.2) is 21.2 Å². The molecule has 0 bridgehead atoms. The summed E-state index contributed by atoms with van der Waals surface area (Å²) in [6.45, 7) is 0.889. The Morgan fingerprint density at radius 3 is 2.45 bits per heavy atom. The van der Waals surface area contributed by atoms with Gasteiger partial charge in [0, 0.05) is 18.5 Å². The van der Waals surface area contributed by atoms with Gasteiger partial charge in [0.2, 0.25) is 0 Å². The molecule has 0 radical (unpaired) electrons. The molecule has 0 heterocycles. The van der Waals surface area contributed by atoms with Crippen LogP contribution in [0.3, 0.4) is 0 Å². The van der Waals surface area contributed by atoms with E-state index in [1.54, 1.807) is 0 Å². The van der Waals surface area contributed by atoms with E-state index in [-0.39, 0.29) is 5.75 Å². The Balaban J connectivity index is 1.61. The lowest BCUT2D eigenvalue weighted by atomic mass is 10.1. The van der Waals surface area contributed by atoms with Crippen LogP contribution in [0.5, 0.6) is 0 Å². The van der Waals surface area contributed by atoms with Crippen molar-refractivity contribution in [1.29, 1.82) is 0 Å². The lowest BCUT2D eigenvalue weighted by molar-refractivity contribution is 0.601. The summed E-state index contributed by atoms with van der Waals surface area (Å²) in [4.78, 5) is 0. The van der Waals surface area contributed by atoms with Gasteiger partial charge in [0.05, 0.1) is 5.75 Å². The van der Waals surface area contributed by atoms with Crippen LogP contribution in [0.1, 0.15) is 23.5 Å². The molecule has 0 saturated heterocycles. The molecular weight excluding hydrogens is 294 g/mol. The first-order valence-corrected chi connectivity index (χ1v) is 9.63. The molecule has 1 aliphatic rings. The molecule has 1 saturated carbocycles. The number of hydrogen-bond donors (Lipinski definition) is 1. The third-order valence-corrected chi connectivity index (χ3v) is 4.98. The standard InChI is InChI=1S/C18H21NO2S/c1-22(20,21)13-15-9-5-6-10-18(15)19-12-16-11-17(16)14-7-3-2-4-8-14/h2-10,16-17,19H,11-13H2,1H3. The highest BCUT2D eigenvalue weighted by atomic mass is 32.2. The average Bonchev–Trinajstić information content (AvgIpc) is 3.25. The monoisotopic (exact) mass is 315 g/mol. The molecule has 4 heteroatoms. The van der Waals surface area contributed by atoms with Gasteiger partial charge in [-0.2, -0.15) is 0 Å². The maximum absolute atomic E-state index is 11.5. The first-order chi connectivity index (χ1) is 10.5. The zero-order valence-corrected chi connectivity index (χ0v) is 13.5. The van der Waals surface area contributed by atoms with Gasteiger partial charge in [-0.1, -0.05) is 48.5 Å². The van der Waals surface area contributed by atoms with Crippen LogP contribution in [0.4, 0.5) is 5.69 Å². The summed E-state index contributed by atoms with van der Waals surface area (Å²) in [5.74, 6) is 1.35. The highest BCUT2D eigenvalue weighted by Crippen LogP contribution is 2.47. The molecule has 22 heavy (non-hydrogen) atoms. The maximum atomic E-state index is 11.5. The van der Waals surface area contributed by atoms with E-state index in [2.05, 4.69) is 29.6 Å². The third-order valence-electron chi connectivity index (χ3n) is 4.14. The largest absolute Gasteiger partial charge is 0.384 e. The molecule has 3 rings (SSSR count). The van der Waals surface area contributed by atoms with Gasteiger partial charge >= 0.3 is 0 Å². The van der Waals surface area contributed by atoms with Gasteiger partial charge in [0.15, 0.2) is 9.84 Å². The lowest BCUT2D eigenvalue weighted by Crippen LogP contribution is -2.09. The Kier molecular flexibility index (Phi) is 4.21. The lowest BCUT2D eigenvalue weighted by Gasteiger charge is -2.11. The molecule has 0 amide bonds. The van der Waals surface area contributed by atoms with Crippen LogP contribution in [0.15, 0.2) is 54.6 Å². The van der Waals surface area contributed by atoms with Crippen molar-refractivity contribution in [2.75, 3.05) is 18.1 Å². The quantitative estimate of drug-likeness (QED) is 0.888. The molecular formula is C18H21NO2S. The smallest absolute Gasteiger partial charge is 0.151 e. The normalized spacial score (nSPS) is 20.6. The zero-order valence-electron chi connectivity index (χ0n) is 12.7. The summed E-state index contributed by atoms with van der Waals surface area (Å²) in [7, 11) is -3.02. The SMILES string of the molecule is CS(=O)(=O)Cc1ccccc1NCC1CC1c1ccccc1. The van der Waals surface area contributed by atoms with Gasteiger partial charge in [0.1, 0.15) is 0 Å². The Bertz CT molecular complexity index is 741. The molecule has 1 fully saturated rings. The summed E-state index contributed by atoms with van der Waals surface area (Å²) in [6, 6.07) is 18.2. The van der Waals surface area contributed by atoms with Crippen molar-refractivity contribution in [3.8, 4) is 0 Å². The number of anilines is 1. The van der Waals surface area contributed by atoms with E-state index in [4.69, 9.17) is 0 Å². The topological polar surface area (TPSA) is 46.2 Å². The summed E-state index contributed by atoms with van der Waals surface area (Å²) >= 11 is 0. The summed E-state index contributed by atoms with van der Waals surface area (Å²) in [5.41, 5.74) is 3.19. The molecule has 116 valence electrons. The number of rotatable bonds is 6. The Hall–Kier alpha value is -1.81. The van der Waals surface area contributed by atoms with Crippen molar-refractivity contribution in [3.05, 3.63) is 65.7 Å². The van der Waals surface area contributed by atoms with Crippen molar-refractivity contribution in [3.63, 3.8) is 0 Å². The number of benzene rings is 2. The highest BCUT2D eigenvalue weighted by molar-refractivity contribution is 7.89. The average molecular weight is 315 g/mol. The predicted molar refractivity (Wildman–Crippen MR) is 90.8 cm³/mol. The van der Waals surface area contributed by atoms with Crippen LogP contribution in [0, 0.1) is 5.92 Å². The van der Waals surface area contributed by atoms with Crippen molar-refractivity contribution < 1.29 is 8.42 Å². The van der Waals surface area contributed by atoms with Crippen LogP contribution in [0.25, 0.3) is 0 Å². The maximum Gasteiger partial charge on any atom is 0.151 e. The van der Waals surface area contributed by atoms with E-state index in [0.29, 0.717) is 11.8 Å². The number of para-hydroxylation sites is 1. The molecule has 2 aromatic carbocycles. The first-order valence-electron chi connectivity index (χ1n) is 7.57. The minimum atomic E-state index is -3.02. The van der Waals surface area contributed by atoms with Crippen molar-refractivity contribution in [2.24, 2.45) is 5.92 Å². The van der Waals surface area contributed by atoms with Gasteiger partial charge < -0.3 is 5.32 Å². The van der Waals surface area contributed by atoms with Crippen LogP contribution >= 0.6 is 0 Å². The van der Waals surface area contributed by atoms with Crippen LogP contribution in [-0.2, 0) is 15.6 Å². The first kappa shape index (κ1) is 15.1. The fourth-order valence-corrected chi connectivity index (χ4v) is 3.74. The van der Waals surface area contributed by atoms with Gasteiger partial charge in [-0.3, -0.25) is 0 Å². The Morgan fingerprint density at radius 1 is 1.05 bits per heavy atom. The van der Waals surface area contributed by atoms with Gasteiger partial charge in [-0.15, -0.1) is 0 Å². The molecule has 2 unspecified atom stereocenters. The van der Waals surface area contributed by atoms with Gasteiger partial charge in [-0.05, 0) is 35.4 Å². The van der Waals surface area contributed by atoms with E-state index in [0.717, 1.165) is 17.8 Å². The second kappa shape index (κ2) is 6.13. The number of nitrogens with one attached hydrogen (secondary N) is 1. The second-order valence-electron chi connectivity index (χ2n) is 6.12. The molecule has 3 nitrogen and oxygen atoms in total. The van der Waals surface area contributed by atoms with Gasteiger partial charge in [0.25, 0.3) is 0 Å². The minimum absolute atomic E-state index is 0.0863. The predicted octanol–water partition coefficient (Wildman–Crippen LogP) is 3.45. The van der Waals surface area contributed by atoms with E-state index in [1.807, 2.05) is 30.3 Å². The van der Waals surface area contributed by atoms with E-state index in [9.17, 15) is 8.42 Å². The summed E-state index contributed by atoms with van der Waals surface area (Å²) < 4.78 is 23.0. The number of hydrogen-bond acceptors (Lipinski definition) is 3. The summed E-state index contributed by atoms with van der Waals surface area (Å²) in [5, 5.41) is 3.43. The Morgan fingerprint density at radius 2 is 1.73 bits per heavy atom. The molecule has 2 aromatic rings.